The van der Waals surface area contributed by atoms with Gasteiger partial charge in [-0.25, -0.2) is 0 Å². The maximum atomic E-state index is 11.8. The number of halogens is 3. The summed E-state index contributed by atoms with van der Waals surface area (Å²) in [7, 11) is 0. The van der Waals surface area contributed by atoms with E-state index in [-0.39, 0.29) is 18.5 Å². The topological polar surface area (TPSA) is 55.1 Å². The fourth-order valence-corrected chi connectivity index (χ4v) is 1.03. The lowest BCUT2D eigenvalue weighted by Gasteiger charge is -2.20. The van der Waals surface area contributed by atoms with Crippen LogP contribution in [0.2, 0.25) is 0 Å². The molecule has 0 aliphatic heterocycles. The summed E-state index contributed by atoms with van der Waals surface area (Å²) in [4.78, 5) is 11.1. The molecular weight excluding hydrogens is 209 g/mol. The van der Waals surface area contributed by atoms with Crippen LogP contribution in [0.4, 0.5) is 13.2 Å². The van der Waals surface area contributed by atoms with Gasteiger partial charge in [-0.1, -0.05) is 13.8 Å². The molecule has 0 heterocycles. The Balaban J connectivity index is 3.92. The Morgan fingerprint density at radius 3 is 2.27 bits per heavy atom. The van der Waals surface area contributed by atoms with Gasteiger partial charge in [0.1, 0.15) is 0 Å². The summed E-state index contributed by atoms with van der Waals surface area (Å²) in [6.45, 7) is 3.93. The molecule has 0 aromatic rings. The van der Waals surface area contributed by atoms with Gasteiger partial charge in [0, 0.05) is 19.0 Å². The Bertz CT molecular complexity index is 204. The van der Waals surface area contributed by atoms with Crippen molar-refractivity contribution in [2.24, 2.45) is 11.7 Å². The van der Waals surface area contributed by atoms with Crippen LogP contribution in [0, 0.1) is 5.92 Å². The third-order valence-electron chi connectivity index (χ3n) is 2.04. The minimum Gasteiger partial charge on any atom is -0.352 e. The zero-order valence-corrected chi connectivity index (χ0v) is 8.90. The molecule has 0 aromatic carbocycles. The van der Waals surface area contributed by atoms with Gasteiger partial charge in [-0.15, -0.1) is 0 Å². The molecule has 0 rings (SSSR count). The number of alkyl halides is 3. The summed E-state index contributed by atoms with van der Waals surface area (Å²) in [6.07, 6.45) is -5.91. The zero-order valence-electron chi connectivity index (χ0n) is 8.90. The van der Waals surface area contributed by atoms with E-state index in [9.17, 15) is 18.0 Å². The van der Waals surface area contributed by atoms with Crippen LogP contribution in [0.3, 0.4) is 0 Å². The van der Waals surface area contributed by atoms with Gasteiger partial charge in [0.25, 0.3) is 0 Å². The molecule has 3 N–H and O–H groups in total. The number of rotatable bonds is 5. The fourth-order valence-electron chi connectivity index (χ4n) is 1.03. The molecule has 1 atom stereocenters. The summed E-state index contributed by atoms with van der Waals surface area (Å²) < 4.78 is 35.4. The molecule has 1 unspecified atom stereocenters. The fraction of sp³-hybridized carbons (Fsp3) is 0.889. The van der Waals surface area contributed by atoms with Gasteiger partial charge in [-0.3, -0.25) is 4.79 Å². The van der Waals surface area contributed by atoms with Gasteiger partial charge in [-0.05, 0) is 5.92 Å². The molecule has 0 aliphatic carbocycles. The third kappa shape index (κ3) is 7.18. The molecule has 0 aromatic heterocycles. The summed E-state index contributed by atoms with van der Waals surface area (Å²) in [5.41, 5.74) is 5.37. The highest BCUT2D eigenvalue weighted by molar-refractivity contribution is 5.76. The SMILES string of the molecule is CC(C)C(CN)NC(=O)CCC(F)(F)F. The van der Waals surface area contributed by atoms with E-state index < -0.39 is 24.9 Å². The molecule has 0 saturated heterocycles. The molecule has 15 heavy (non-hydrogen) atoms. The van der Waals surface area contributed by atoms with Crippen LogP contribution in [0.15, 0.2) is 0 Å². The molecule has 0 fully saturated rings. The second-order valence-corrected chi connectivity index (χ2v) is 3.77. The maximum Gasteiger partial charge on any atom is 0.389 e. The number of nitrogens with two attached hydrogens (primary N) is 1. The first-order valence-corrected chi connectivity index (χ1v) is 4.82. The molecule has 90 valence electrons. The standard InChI is InChI=1S/C9H17F3N2O/c1-6(2)7(5-13)14-8(15)3-4-9(10,11)12/h6-7H,3-5,13H2,1-2H3,(H,14,15). The van der Waals surface area contributed by atoms with Gasteiger partial charge < -0.3 is 11.1 Å². The minimum atomic E-state index is -4.28. The first-order valence-electron chi connectivity index (χ1n) is 4.82. The van der Waals surface area contributed by atoms with E-state index in [1.165, 1.54) is 0 Å². The highest BCUT2D eigenvalue weighted by Gasteiger charge is 2.28. The number of hydrogen-bond acceptors (Lipinski definition) is 2. The molecule has 0 saturated carbocycles. The summed E-state index contributed by atoms with van der Waals surface area (Å²) in [5, 5.41) is 2.47. The molecular formula is C9H17F3N2O. The smallest absolute Gasteiger partial charge is 0.352 e. The average Bonchev–Trinajstić information content (AvgIpc) is 2.09. The minimum absolute atomic E-state index is 0.116. The van der Waals surface area contributed by atoms with Gasteiger partial charge in [0.05, 0.1) is 6.42 Å². The van der Waals surface area contributed by atoms with E-state index in [2.05, 4.69) is 5.32 Å². The normalized spacial score (nSPS) is 14.1. The van der Waals surface area contributed by atoms with Crippen LogP contribution in [0.5, 0.6) is 0 Å². The van der Waals surface area contributed by atoms with E-state index in [0.717, 1.165) is 0 Å². The Labute approximate surface area is 87.2 Å². The summed E-state index contributed by atoms with van der Waals surface area (Å²) >= 11 is 0. The molecule has 3 nitrogen and oxygen atoms in total. The lowest BCUT2D eigenvalue weighted by atomic mass is 10.0. The lowest BCUT2D eigenvalue weighted by molar-refractivity contribution is -0.144. The van der Waals surface area contributed by atoms with Gasteiger partial charge >= 0.3 is 6.18 Å². The molecule has 6 heteroatoms. The van der Waals surface area contributed by atoms with Gasteiger partial charge in [0.2, 0.25) is 5.91 Å². The molecule has 0 bridgehead atoms. The van der Waals surface area contributed by atoms with Gasteiger partial charge in [0.15, 0.2) is 0 Å². The van der Waals surface area contributed by atoms with E-state index in [0.29, 0.717) is 0 Å². The highest BCUT2D eigenvalue weighted by atomic mass is 19.4. The second kappa shape index (κ2) is 5.95. The van der Waals surface area contributed by atoms with Crippen molar-refractivity contribution in [2.45, 2.75) is 38.9 Å². The number of carbonyl (C=O) groups excluding carboxylic acids is 1. The molecule has 0 aliphatic rings. The van der Waals surface area contributed by atoms with Crippen LogP contribution in [-0.2, 0) is 4.79 Å². The average molecular weight is 226 g/mol. The summed E-state index contributed by atoms with van der Waals surface area (Å²) in [5.74, 6) is -0.485. The van der Waals surface area contributed by atoms with Crippen LogP contribution < -0.4 is 11.1 Å². The second-order valence-electron chi connectivity index (χ2n) is 3.77. The first-order chi connectivity index (χ1) is 6.76. The molecule has 1 amide bonds. The van der Waals surface area contributed by atoms with Crippen LogP contribution in [-0.4, -0.2) is 24.7 Å². The monoisotopic (exact) mass is 226 g/mol. The summed E-state index contributed by atoms with van der Waals surface area (Å²) in [6, 6.07) is -0.259. The van der Waals surface area contributed by atoms with E-state index in [1.54, 1.807) is 0 Å². The van der Waals surface area contributed by atoms with E-state index in [1.807, 2.05) is 13.8 Å². The number of amides is 1. The Kier molecular flexibility index (Phi) is 5.64. The van der Waals surface area contributed by atoms with E-state index >= 15 is 0 Å². The third-order valence-corrected chi connectivity index (χ3v) is 2.04. The van der Waals surface area contributed by atoms with Crippen molar-refractivity contribution >= 4 is 5.91 Å². The lowest BCUT2D eigenvalue weighted by Crippen LogP contribution is -2.43. The van der Waals surface area contributed by atoms with Crippen molar-refractivity contribution in [3.8, 4) is 0 Å². The largest absolute Gasteiger partial charge is 0.389 e. The van der Waals surface area contributed by atoms with Crippen LogP contribution in [0.25, 0.3) is 0 Å². The Hall–Kier alpha value is -0.780. The predicted octanol–water partition coefficient (Wildman–Crippen LogP) is 1.43. The number of nitrogens with one attached hydrogen (secondary N) is 1. The molecule has 0 radical (unpaired) electrons. The number of carbonyl (C=O) groups is 1. The van der Waals surface area contributed by atoms with Crippen molar-refractivity contribution in [2.75, 3.05) is 6.54 Å². The van der Waals surface area contributed by atoms with Crippen molar-refractivity contribution in [1.29, 1.82) is 0 Å². The molecule has 0 spiro atoms. The van der Waals surface area contributed by atoms with Gasteiger partial charge in [-0.2, -0.15) is 13.2 Å². The first kappa shape index (κ1) is 14.2. The van der Waals surface area contributed by atoms with Crippen molar-refractivity contribution < 1.29 is 18.0 Å². The van der Waals surface area contributed by atoms with Crippen molar-refractivity contribution in [3.05, 3.63) is 0 Å². The quantitative estimate of drug-likeness (QED) is 0.745. The zero-order chi connectivity index (χ0) is 12.1. The van der Waals surface area contributed by atoms with Crippen molar-refractivity contribution in [3.63, 3.8) is 0 Å². The highest BCUT2D eigenvalue weighted by Crippen LogP contribution is 2.21. The van der Waals surface area contributed by atoms with Crippen LogP contribution >= 0.6 is 0 Å². The Morgan fingerprint density at radius 1 is 1.40 bits per heavy atom. The van der Waals surface area contributed by atoms with E-state index in [4.69, 9.17) is 5.73 Å². The Morgan fingerprint density at radius 2 is 1.93 bits per heavy atom. The number of hydrogen-bond donors (Lipinski definition) is 2. The van der Waals surface area contributed by atoms with Crippen LogP contribution in [0.1, 0.15) is 26.7 Å². The predicted molar refractivity (Wildman–Crippen MR) is 51.1 cm³/mol. The van der Waals surface area contributed by atoms with Crippen molar-refractivity contribution in [1.82, 2.24) is 5.32 Å². The maximum absolute atomic E-state index is 11.8.